The molecule has 0 radical (unpaired) electrons. The van der Waals surface area contributed by atoms with Crippen LogP contribution in [-0.4, -0.2) is 29.1 Å². The second-order valence-corrected chi connectivity index (χ2v) is 7.51. The van der Waals surface area contributed by atoms with Crippen LogP contribution >= 0.6 is 0 Å². The van der Waals surface area contributed by atoms with Gasteiger partial charge in [-0.2, -0.15) is 0 Å². The molecule has 2 N–H and O–H groups in total. The summed E-state index contributed by atoms with van der Waals surface area (Å²) in [4.78, 5) is 14.0. The van der Waals surface area contributed by atoms with E-state index in [9.17, 15) is 18.7 Å². The Morgan fingerprint density at radius 1 is 0.935 bits per heavy atom. The number of aliphatic carboxylic acids is 1. The van der Waals surface area contributed by atoms with E-state index in [1.165, 1.54) is 23.8 Å². The first kappa shape index (κ1) is 20.8. The van der Waals surface area contributed by atoms with Crippen LogP contribution in [0.15, 0.2) is 78.4 Å². The van der Waals surface area contributed by atoms with Crippen LogP contribution in [0.25, 0.3) is 5.57 Å². The fourth-order valence-corrected chi connectivity index (χ4v) is 3.81. The Morgan fingerprint density at radius 2 is 1.61 bits per heavy atom. The van der Waals surface area contributed by atoms with E-state index in [0.29, 0.717) is 30.8 Å². The Labute approximate surface area is 179 Å². The molecule has 158 valence electrons. The minimum Gasteiger partial charge on any atom is -0.478 e. The smallest absolute Gasteiger partial charge is 0.331 e. The number of hydrogen-bond acceptors (Lipinski definition) is 3. The number of carboxylic acid groups (broad SMARTS) is 1. The SMILES string of the molecule is O=C(O)C1=C(c2ccc(Nc3c(F)cccc3F)cc2)CN(Cc2ccccc2)CC1. The molecule has 3 aromatic rings. The van der Waals surface area contributed by atoms with Gasteiger partial charge in [-0.05, 0) is 47.4 Å². The van der Waals surface area contributed by atoms with Crippen LogP contribution in [-0.2, 0) is 11.3 Å². The summed E-state index contributed by atoms with van der Waals surface area (Å²) in [5.41, 5.74) is 3.43. The van der Waals surface area contributed by atoms with E-state index in [4.69, 9.17) is 0 Å². The van der Waals surface area contributed by atoms with Gasteiger partial charge in [-0.25, -0.2) is 13.6 Å². The third-order valence-electron chi connectivity index (χ3n) is 5.40. The molecule has 1 aliphatic rings. The Balaban J connectivity index is 1.56. The zero-order valence-corrected chi connectivity index (χ0v) is 16.8. The lowest BCUT2D eigenvalue weighted by Crippen LogP contribution is -2.32. The van der Waals surface area contributed by atoms with E-state index < -0.39 is 17.6 Å². The molecule has 0 atom stereocenters. The molecule has 0 unspecified atom stereocenters. The van der Waals surface area contributed by atoms with Gasteiger partial charge >= 0.3 is 5.97 Å². The number of rotatable bonds is 6. The van der Waals surface area contributed by atoms with Crippen molar-refractivity contribution in [2.75, 3.05) is 18.4 Å². The van der Waals surface area contributed by atoms with Crippen molar-refractivity contribution >= 4 is 22.9 Å². The zero-order valence-electron chi connectivity index (χ0n) is 16.8. The van der Waals surface area contributed by atoms with E-state index in [1.807, 2.05) is 18.2 Å². The van der Waals surface area contributed by atoms with Gasteiger partial charge in [0.15, 0.2) is 0 Å². The molecule has 1 heterocycles. The fourth-order valence-electron chi connectivity index (χ4n) is 3.81. The molecule has 4 rings (SSSR count). The maximum atomic E-state index is 13.9. The van der Waals surface area contributed by atoms with Crippen LogP contribution in [0, 0.1) is 11.6 Å². The molecular formula is C25H22F2N2O2. The van der Waals surface area contributed by atoms with Crippen molar-refractivity contribution in [2.24, 2.45) is 0 Å². The van der Waals surface area contributed by atoms with Gasteiger partial charge in [0.2, 0.25) is 0 Å². The van der Waals surface area contributed by atoms with Crippen LogP contribution in [0.4, 0.5) is 20.2 Å². The quantitative estimate of drug-likeness (QED) is 0.557. The molecule has 31 heavy (non-hydrogen) atoms. The van der Waals surface area contributed by atoms with Crippen molar-refractivity contribution in [3.05, 3.63) is 101 Å². The highest BCUT2D eigenvalue weighted by atomic mass is 19.1. The topological polar surface area (TPSA) is 52.6 Å². The van der Waals surface area contributed by atoms with Crippen LogP contribution in [0.5, 0.6) is 0 Å². The largest absolute Gasteiger partial charge is 0.478 e. The summed E-state index contributed by atoms with van der Waals surface area (Å²) in [7, 11) is 0. The van der Waals surface area contributed by atoms with Gasteiger partial charge < -0.3 is 10.4 Å². The molecule has 1 aliphatic heterocycles. The lowest BCUT2D eigenvalue weighted by atomic mass is 9.93. The Hall–Kier alpha value is -3.51. The van der Waals surface area contributed by atoms with E-state index >= 15 is 0 Å². The number of anilines is 2. The van der Waals surface area contributed by atoms with Crippen molar-refractivity contribution in [3.8, 4) is 0 Å². The molecule has 0 aliphatic carbocycles. The highest BCUT2D eigenvalue weighted by Gasteiger charge is 2.24. The third kappa shape index (κ3) is 4.81. The molecule has 0 spiro atoms. The van der Waals surface area contributed by atoms with Crippen LogP contribution < -0.4 is 5.32 Å². The molecule has 4 nitrogen and oxygen atoms in total. The number of nitrogens with zero attached hydrogens (tertiary/aromatic N) is 1. The first-order chi connectivity index (χ1) is 15.0. The van der Waals surface area contributed by atoms with Crippen molar-refractivity contribution in [3.63, 3.8) is 0 Å². The van der Waals surface area contributed by atoms with Crippen molar-refractivity contribution in [1.29, 1.82) is 0 Å². The lowest BCUT2D eigenvalue weighted by molar-refractivity contribution is -0.132. The number of carbonyl (C=O) groups is 1. The molecule has 0 bridgehead atoms. The Kier molecular flexibility index (Phi) is 6.09. The van der Waals surface area contributed by atoms with Gasteiger partial charge in [-0.15, -0.1) is 0 Å². The first-order valence-electron chi connectivity index (χ1n) is 10.0. The summed E-state index contributed by atoms with van der Waals surface area (Å²) in [6.07, 6.45) is 0.456. The van der Waals surface area contributed by atoms with E-state index in [0.717, 1.165) is 17.7 Å². The fraction of sp³-hybridized carbons (Fsp3) is 0.160. The Bertz CT molecular complexity index is 1090. The van der Waals surface area contributed by atoms with E-state index in [2.05, 4.69) is 22.3 Å². The number of nitrogens with one attached hydrogen (secondary N) is 1. The second-order valence-electron chi connectivity index (χ2n) is 7.51. The standard InChI is InChI=1S/C25H22F2N2O2/c26-22-7-4-8-23(27)24(22)28-19-11-9-18(10-12-19)21-16-29(14-13-20(21)25(30)31)15-17-5-2-1-3-6-17/h1-12,28H,13-16H2,(H,30,31). The number of hydrogen-bond donors (Lipinski definition) is 2. The molecule has 0 saturated heterocycles. The molecule has 0 amide bonds. The molecule has 3 aromatic carbocycles. The predicted octanol–water partition coefficient (Wildman–Crippen LogP) is 5.45. The monoisotopic (exact) mass is 420 g/mol. The third-order valence-corrected chi connectivity index (χ3v) is 5.40. The minimum absolute atomic E-state index is 0.215. The van der Waals surface area contributed by atoms with Crippen LogP contribution in [0.1, 0.15) is 17.5 Å². The summed E-state index contributed by atoms with van der Waals surface area (Å²) in [5.74, 6) is -2.27. The molecular weight excluding hydrogens is 398 g/mol. The molecule has 6 heteroatoms. The maximum Gasteiger partial charge on any atom is 0.331 e. The van der Waals surface area contributed by atoms with Crippen molar-refractivity contribution in [1.82, 2.24) is 4.90 Å². The summed E-state index contributed by atoms with van der Waals surface area (Å²) >= 11 is 0. The Morgan fingerprint density at radius 3 is 2.26 bits per heavy atom. The van der Waals surface area contributed by atoms with Crippen LogP contribution in [0.3, 0.4) is 0 Å². The average Bonchev–Trinajstić information content (AvgIpc) is 2.77. The highest BCUT2D eigenvalue weighted by molar-refractivity contribution is 5.97. The number of para-hydroxylation sites is 1. The molecule has 0 saturated carbocycles. The lowest BCUT2D eigenvalue weighted by Gasteiger charge is -2.30. The van der Waals surface area contributed by atoms with Crippen LogP contribution in [0.2, 0.25) is 0 Å². The van der Waals surface area contributed by atoms with Gasteiger partial charge in [-0.1, -0.05) is 48.5 Å². The van der Waals surface area contributed by atoms with E-state index in [1.54, 1.807) is 24.3 Å². The first-order valence-corrected chi connectivity index (χ1v) is 10.0. The summed E-state index contributed by atoms with van der Waals surface area (Å²) in [6, 6.07) is 20.7. The molecule has 0 fully saturated rings. The van der Waals surface area contributed by atoms with Gasteiger partial charge in [-0.3, -0.25) is 4.90 Å². The zero-order chi connectivity index (χ0) is 21.8. The van der Waals surface area contributed by atoms with Gasteiger partial charge in [0, 0.05) is 30.9 Å². The van der Waals surface area contributed by atoms with Gasteiger partial charge in [0.05, 0.1) is 0 Å². The average molecular weight is 420 g/mol. The predicted molar refractivity (Wildman–Crippen MR) is 117 cm³/mol. The summed E-state index contributed by atoms with van der Waals surface area (Å²) in [6.45, 7) is 1.93. The van der Waals surface area contributed by atoms with Crippen molar-refractivity contribution in [2.45, 2.75) is 13.0 Å². The van der Waals surface area contributed by atoms with Gasteiger partial charge in [0.25, 0.3) is 0 Å². The number of halogens is 2. The summed E-state index contributed by atoms with van der Waals surface area (Å²) < 4.78 is 27.8. The second kappa shape index (κ2) is 9.10. The maximum absolute atomic E-state index is 13.9. The normalized spacial score (nSPS) is 14.5. The highest BCUT2D eigenvalue weighted by Crippen LogP contribution is 2.30. The minimum atomic E-state index is -0.912. The number of carboxylic acids is 1. The molecule has 0 aromatic heterocycles. The van der Waals surface area contributed by atoms with E-state index in [-0.39, 0.29) is 5.69 Å². The van der Waals surface area contributed by atoms with Gasteiger partial charge in [0.1, 0.15) is 17.3 Å². The number of benzene rings is 3. The summed E-state index contributed by atoms with van der Waals surface area (Å²) in [5, 5.41) is 12.4. The van der Waals surface area contributed by atoms with Crippen molar-refractivity contribution < 1.29 is 18.7 Å².